The Morgan fingerprint density at radius 1 is 0.476 bits per heavy atom. The van der Waals surface area contributed by atoms with Gasteiger partial charge in [-0.3, -0.25) is 19.9 Å². The van der Waals surface area contributed by atoms with E-state index in [4.69, 9.17) is 0 Å². The van der Waals surface area contributed by atoms with Gasteiger partial charge in [-0.2, -0.15) is 4.57 Å². The van der Waals surface area contributed by atoms with E-state index in [0.29, 0.717) is 5.56 Å². The summed E-state index contributed by atoms with van der Waals surface area (Å²) in [5.41, 5.74) is -14.1. The largest absolute Gasteiger partial charge is 0.287 e. The van der Waals surface area contributed by atoms with Crippen LogP contribution in [0.1, 0.15) is 10.4 Å². The highest BCUT2D eigenvalue weighted by atomic mass is 19.2. The topological polar surface area (TPSA) is 77.0 Å². The van der Waals surface area contributed by atoms with Crippen LogP contribution in [0.15, 0.2) is 49.1 Å². The van der Waals surface area contributed by atoms with Gasteiger partial charge in [0.25, 0.3) is 5.69 Å². The average molecular weight is 923 g/mol. The summed E-state index contributed by atoms with van der Waals surface area (Å²) in [5, 5.41) is 10.6. The highest BCUT2D eigenvalue weighted by molar-refractivity contribution is 7.20. The van der Waals surface area contributed by atoms with E-state index in [0.717, 1.165) is 0 Å². The zero-order valence-corrected chi connectivity index (χ0v) is 29.5. The Morgan fingerprint density at radius 2 is 0.746 bits per heavy atom. The summed E-state index contributed by atoms with van der Waals surface area (Å²) < 4.78 is 296. The fourth-order valence-corrected chi connectivity index (χ4v) is 6.38. The molecule has 5 aromatic carbocycles. The third-order valence-electron chi connectivity index (χ3n) is 9.10. The van der Waals surface area contributed by atoms with Crippen LogP contribution in [0.5, 0.6) is 0 Å². The number of carbonyl (C=O) groups excluding carboxylic acids is 1. The van der Waals surface area contributed by atoms with Gasteiger partial charge < -0.3 is 0 Å². The van der Waals surface area contributed by atoms with E-state index in [1.807, 2.05) is 0 Å². The first-order valence-electron chi connectivity index (χ1n) is 16.2. The molecule has 0 aliphatic carbocycles. The molecule has 0 N–H and O–H groups in total. The monoisotopic (exact) mass is 923 g/mol. The van der Waals surface area contributed by atoms with Gasteiger partial charge in [-0.05, 0) is 0 Å². The highest BCUT2D eigenvalue weighted by Crippen LogP contribution is 2.31. The highest BCUT2D eigenvalue weighted by Gasteiger charge is 2.52. The second-order valence-electron chi connectivity index (χ2n) is 12.4. The van der Waals surface area contributed by atoms with Crippen LogP contribution in [0, 0.1) is 126 Å². The number of hydrogen-bond acceptors (Lipinski definition) is 4. The van der Waals surface area contributed by atoms with Crippen molar-refractivity contribution in [1.29, 1.82) is 0 Å². The first-order valence-corrected chi connectivity index (χ1v) is 16.2. The summed E-state index contributed by atoms with van der Waals surface area (Å²) in [6, 6.07) is 5.71. The van der Waals surface area contributed by atoms with E-state index >= 15 is 35.1 Å². The number of non-ortho nitro benzene ring substituents is 1. The molecule has 0 bridgehead atoms. The Kier molecular flexibility index (Phi) is 12.9. The summed E-state index contributed by atoms with van der Waals surface area (Å²) >= 11 is 0. The molecule has 0 spiro atoms. The lowest BCUT2D eigenvalue weighted by atomic mass is 9.12. The molecule has 0 radical (unpaired) electrons. The van der Waals surface area contributed by atoms with E-state index in [1.54, 1.807) is 35.4 Å². The SMILES string of the molecule is Fc1c(F)c(F)c([B-](c2c(F)c(F)c(F)c(F)c2F)(c2c(F)c(F)c(F)c(F)c2F)c2c(F)c(F)c(F)c(F)c2F)c(F)c1F.O=C(C[n+]1ccncc1)c1cccc([N+](=O)[O-])c1. The van der Waals surface area contributed by atoms with Crippen molar-refractivity contribution in [2.45, 2.75) is 6.54 Å². The normalized spacial score (nSPS) is 11.4. The summed E-state index contributed by atoms with van der Waals surface area (Å²) in [4.78, 5) is 25.9. The molecule has 6 aromatic rings. The minimum atomic E-state index is -7.22. The maximum Gasteiger partial charge on any atom is 0.270 e. The average Bonchev–Trinajstić information content (AvgIpc) is 3.26. The molecule has 0 atom stereocenters. The van der Waals surface area contributed by atoms with Gasteiger partial charge in [0.1, 0.15) is 52.7 Å². The Morgan fingerprint density at radius 3 is 1.02 bits per heavy atom. The van der Waals surface area contributed by atoms with Crippen LogP contribution in [-0.2, 0) is 6.54 Å². The van der Waals surface area contributed by atoms with Gasteiger partial charge in [0.15, 0.2) is 82.2 Å². The Balaban J connectivity index is 0.000000345. The van der Waals surface area contributed by atoms with Gasteiger partial charge in [-0.1, -0.05) is 12.1 Å². The van der Waals surface area contributed by atoms with Crippen molar-refractivity contribution in [2.24, 2.45) is 0 Å². The fraction of sp³-hybridized carbons (Fsp3) is 0.0278. The lowest BCUT2D eigenvalue weighted by molar-refractivity contribution is -0.683. The smallest absolute Gasteiger partial charge is 0.270 e. The number of nitro benzene ring substituents is 1. The van der Waals surface area contributed by atoms with Crippen LogP contribution < -0.4 is 26.4 Å². The summed E-state index contributed by atoms with van der Waals surface area (Å²) in [7, 11) is 0. The first kappa shape index (κ1) is 47.0. The van der Waals surface area contributed by atoms with Crippen LogP contribution in [0.3, 0.4) is 0 Å². The zero-order chi connectivity index (χ0) is 47.3. The van der Waals surface area contributed by atoms with Crippen LogP contribution in [0.4, 0.5) is 93.5 Å². The van der Waals surface area contributed by atoms with E-state index in [2.05, 4.69) is 4.98 Å². The maximum absolute atomic E-state index is 15.4. The van der Waals surface area contributed by atoms with Gasteiger partial charge in [0.05, 0.1) is 17.3 Å². The minimum absolute atomic E-state index is 0.0828. The molecule has 0 unspecified atom stereocenters. The predicted octanol–water partition coefficient (Wildman–Crippen LogP) is 7.01. The molecule has 330 valence electrons. The van der Waals surface area contributed by atoms with Crippen molar-refractivity contribution in [3.05, 3.63) is 181 Å². The van der Waals surface area contributed by atoms with Gasteiger partial charge in [0, 0.05) is 17.7 Å². The van der Waals surface area contributed by atoms with Crippen LogP contribution in [0.2, 0.25) is 0 Å². The lowest BCUT2D eigenvalue weighted by Gasteiger charge is -2.44. The summed E-state index contributed by atoms with van der Waals surface area (Å²) in [5.74, 6) is -71.6. The van der Waals surface area contributed by atoms with Crippen molar-refractivity contribution in [2.75, 3.05) is 0 Å². The number of aromatic nitrogens is 2. The Labute approximate surface area is 334 Å². The Hall–Kier alpha value is -7.09. The number of Topliss-reactive ketones (excluding diaryl/α,β-unsaturated/α-hetero) is 1. The molecular formula is C36H10BF20N3O3. The summed E-state index contributed by atoms with van der Waals surface area (Å²) in [6.45, 7) is 0.129. The fourth-order valence-electron chi connectivity index (χ4n) is 6.38. The number of benzene rings is 5. The van der Waals surface area contributed by atoms with E-state index < -0.39 is 149 Å². The molecule has 27 heteroatoms. The van der Waals surface area contributed by atoms with Crippen molar-refractivity contribution >= 4 is 39.5 Å². The van der Waals surface area contributed by atoms with E-state index in [-0.39, 0.29) is 18.0 Å². The van der Waals surface area contributed by atoms with Crippen molar-refractivity contribution in [1.82, 2.24) is 4.98 Å². The summed E-state index contributed by atoms with van der Waals surface area (Å²) in [6.07, 6.45) is -0.753. The first-order chi connectivity index (χ1) is 29.4. The lowest BCUT2D eigenvalue weighted by Crippen LogP contribution is -2.81. The number of nitrogens with zero attached hydrogens (tertiary/aromatic N) is 3. The van der Waals surface area contributed by atoms with E-state index in [1.165, 1.54) is 18.2 Å². The predicted molar refractivity (Wildman–Crippen MR) is 171 cm³/mol. The second kappa shape index (κ2) is 17.4. The second-order valence-corrected chi connectivity index (χ2v) is 12.4. The van der Waals surface area contributed by atoms with Gasteiger partial charge >= 0.3 is 0 Å². The van der Waals surface area contributed by atoms with Gasteiger partial charge in [-0.25, -0.2) is 87.8 Å². The third kappa shape index (κ3) is 7.53. The number of halogens is 20. The van der Waals surface area contributed by atoms with Crippen molar-refractivity contribution in [3.63, 3.8) is 0 Å². The quantitative estimate of drug-likeness (QED) is 0.0241. The maximum atomic E-state index is 15.4. The van der Waals surface area contributed by atoms with Crippen LogP contribution in [-0.4, -0.2) is 21.8 Å². The molecule has 0 fully saturated rings. The number of nitro groups is 1. The van der Waals surface area contributed by atoms with Crippen LogP contribution >= 0.6 is 0 Å². The number of hydrogen-bond donors (Lipinski definition) is 0. The number of rotatable bonds is 8. The minimum Gasteiger partial charge on any atom is -0.287 e. The Bertz CT molecular complexity index is 2500. The molecule has 0 aliphatic heterocycles. The molecule has 0 aliphatic rings. The number of carbonyl (C=O) groups is 1. The van der Waals surface area contributed by atoms with Crippen molar-refractivity contribution in [3.8, 4) is 0 Å². The molecule has 0 saturated heterocycles. The zero-order valence-electron chi connectivity index (χ0n) is 29.5. The van der Waals surface area contributed by atoms with Gasteiger partial charge in [0.2, 0.25) is 12.3 Å². The van der Waals surface area contributed by atoms with Crippen molar-refractivity contribution < 1.29 is 102 Å². The molecule has 1 aromatic heterocycles. The standard InChI is InChI=1S/C24BF20.C12H10N3O3/c26-5-1(6(27)14(35)21(42)13(5)34)25(2-7(28)15(36)22(43)16(37)8(2)29,3-9(30)17(38)23(44)18(39)10(3)31)4-11(32)19(40)24(45)20(41)12(4)33;16-12(9-14-6-4-13-5-7-14)10-2-1-3-11(8-10)15(17)18/h;1-8H,9H2/q-1;+1. The molecular weight excluding hydrogens is 913 g/mol. The third-order valence-corrected chi connectivity index (χ3v) is 9.10. The molecule has 1 heterocycles. The van der Waals surface area contributed by atoms with E-state index in [9.17, 15) is 67.6 Å². The van der Waals surface area contributed by atoms with Crippen LogP contribution in [0.25, 0.3) is 0 Å². The molecule has 63 heavy (non-hydrogen) atoms. The number of ketones is 1. The van der Waals surface area contributed by atoms with Gasteiger partial charge in [-0.15, -0.1) is 21.9 Å². The molecule has 0 amide bonds. The molecule has 6 rings (SSSR count). The molecule has 0 saturated carbocycles. The molecule has 6 nitrogen and oxygen atoms in total.